The number of benzene rings is 1. The molecule has 0 radical (unpaired) electrons. The Hall–Kier alpha value is -2.06. The van der Waals surface area contributed by atoms with Gasteiger partial charge in [-0.25, -0.2) is 0 Å². The first-order chi connectivity index (χ1) is 12.0. The Balaban J connectivity index is 3.01. The van der Waals surface area contributed by atoms with Crippen molar-refractivity contribution in [2.24, 2.45) is 0 Å². The summed E-state index contributed by atoms with van der Waals surface area (Å²) < 4.78 is 76.3. The van der Waals surface area contributed by atoms with Gasteiger partial charge in [-0.1, -0.05) is 24.3 Å². The van der Waals surface area contributed by atoms with E-state index in [1.165, 1.54) is 13.8 Å². The zero-order valence-electron chi connectivity index (χ0n) is 15.1. The molecule has 0 aliphatic heterocycles. The van der Waals surface area contributed by atoms with Crippen LogP contribution in [0.5, 0.6) is 11.5 Å². The maximum atomic E-state index is 14.1. The molecule has 0 aliphatic rings. The summed E-state index contributed by atoms with van der Waals surface area (Å²) in [6.07, 6.45) is -2.34. The van der Waals surface area contributed by atoms with Gasteiger partial charge in [0, 0.05) is 0 Å². The van der Waals surface area contributed by atoms with E-state index in [0.29, 0.717) is 11.1 Å². The van der Waals surface area contributed by atoms with E-state index in [4.69, 9.17) is 18.9 Å². The normalized spacial score (nSPS) is 13.2. The standard InChI is InChI=1S/C18H22F4O4/c1-9(2)7-23-11(5)25-17-13(19)15(21)18(16(22)14(17)20)26-12(6)24-8-10(3)4/h11-12H,1,3,7-8H2,2,4-6H3. The highest BCUT2D eigenvalue weighted by Gasteiger charge is 2.30. The third-order valence-electron chi connectivity index (χ3n) is 2.88. The molecule has 1 rings (SSSR count). The molecule has 0 N–H and O–H groups in total. The summed E-state index contributed by atoms with van der Waals surface area (Å²) in [6, 6.07) is 0. The molecular formula is C18H22F4O4. The topological polar surface area (TPSA) is 36.9 Å². The van der Waals surface area contributed by atoms with Crippen molar-refractivity contribution in [1.82, 2.24) is 0 Å². The minimum absolute atomic E-state index is 0.0497. The molecule has 0 aromatic heterocycles. The van der Waals surface area contributed by atoms with E-state index in [9.17, 15) is 17.6 Å². The molecule has 0 amide bonds. The Bertz CT molecular complexity index is 590. The van der Waals surface area contributed by atoms with Crippen LogP contribution < -0.4 is 9.47 Å². The molecule has 8 heteroatoms. The molecule has 2 atom stereocenters. The molecule has 146 valence electrons. The summed E-state index contributed by atoms with van der Waals surface area (Å²) in [4.78, 5) is 0. The third kappa shape index (κ3) is 6.03. The van der Waals surface area contributed by atoms with Crippen LogP contribution in [0.4, 0.5) is 17.6 Å². The maximum absolute atomic E-state index is 14.1. The van der Waals surface area contributed by atoms with Crippen LogP contribution in [0.25, 0.3) is 0 Å². The van der Waals surface area contributed by atoms with Gasteiger partial charge >= 0.3 is 0 Å². The van der Waals surface area contributed by atoms with Crippen molar-refractivity contribution in [3.8, 4) is 11.5 Å². The van der Waals surface area contributed by atoms with Crippen molar-refractivity contribution in [2.75, 3.05) is 13.2 Å². The predicted octanol–water partition coefficient (Wildman–Crippen LogP) is 4.88. The highest BCUT2D eigenvalue weighted by molar-refractivity contribution is 5.38. The number of hydrogen-bond donors (Lipinski definition) is 0. The Morgan fingerprint density at radius 3 is 1.23 bits per heavy atom. The van der Waals surface area contributed by atoms with E-state index >= 15 is 0 Å². The van der Waals surface area contributed by atoms with Gasteiger partial charge in [-0.3, -0.25) is 0 Å². The Morgan fingerprint density at radius 1 is 0.731 bits per heavy atom. The highest BCUT2D eigenvalue weighted by Crippen LogP contribution is 2.35. The summed E-state index contributed by atoms with van der Waals surface area (Å²) in [5.74, 6) is -9.43. The second-order valence-corrected chi connectivity index (χ2v) is 5.82. The number of rotatable bonds is 10. The fourth-order valence-corrected chi connectivity index (χ4v) is 1.72. The average Bonchev–Trinajstić information content (AvgIpc) is 2.57. The monoisotopic (exact) mass is 378 g/mol. The highest BCUT2D eigenvalue weighted by atomic mass is 19.2. The van der Waals surface area contributed by atoms with Gasteiger partial charge < -0.3 is 18.9 Å². The zero-order chi connectivity index (χ0) is 20.0. The molecule has 2 unspecified atom stereocenters. The van der Waals surface area contributed by atoms with E-state index in [0.717, 1.165) is 0 Å². The third-order valence-corrected chi connectivity index (χ3v) is 2.88. The first-order valence-electron chi connectivity index (χ1n) is 7.75. The van der Waals surface area contributed by atoms with Crippen molar-refractivity contribution in [2.45, 2.75) is 40.3 Å². The smallest absolute Gasteiger partial charge is 0.207 e. The lowest BCUT2D eigenvalue weighted by molar-refractivity contribution is -0.0663. The van der Waals surface area contributed by atoms with Crippen molar-refractivity contribution in [1.29, 1.82) is 0 Å². The largest absolute Gasteiger partial charge is 0.459 e. The van der Waals surface area contributed by atoms with Crippen molar-refractivity contribution >= 4 is 0 Å². The van der Waals surface area contributed by atoms with E-state index in [1.807, 2.05) is 0 Å². The van der Waals surface area contributed by atoms with Crippen molar-refractivity contribution < 1.29 is 36.5 Å². The minimum atomic E-state index is -1.74. The SMILES string of the molecule is C=C(C)COC(C)Oc1c(F)c(F)c(OC(C)OCC(=C)C)c(F)c1F. The van der Waals surface area contributed by atoms with Crippen LogP contribution in [0.15, 0.2) is 24.3 Å². The van der Waals surface area contributed by atoms with Gasteiger partial charge in [0.1, 0.15) is 0 Å². The Morgan fingerprint density at radius 2 is 1.00 bits per heavy atom. The van der Waals surface area contributed by atoms with Crippen LogP contribution in [0, 0.1) is 23.3 Å². The summed E-state index contributed by atoms with van der Waals surface area (Å²) in [5.41, 5.74) is 1.26. The second-order valence-electron chi connectivity index (χ2n) is 5.82. The first-order valence-corrected chi connectivity index (χ1v) is 7.75. The first kappa shape index (κ1) is 22.0. The lowest BCUT2D eigenvalue weighted by Gasteiger charge is -2.20. The zero-order valence-corrected chi connectivity index (χ0v) is 15.1. The molecule has 0 saturated heterocycles. The average molecular weight is 378 g/mol. The van der Waals surface area contributed by atoms with Crippen LogP contribution in [-0.2, 0) is 9.47 Å². The van der Waals surface area contributed by atoms with E-state index < -0.39 is 47.3 Å². The van der Waals surface area contributed by atoms with E-state index in [2.05, 4.69) is 13.2 Å². The predicted molar refractivity (Wildman–Crippen MR) is 88.0 cm³/mol. The molecule has 0 spiro atoms. The van der Waals surface area contributed by atoms with Gasteiger partial charge in [-0.05, 0) is 27.7 Å². The van der Waals surface area contributed by atoms with Gasteiger partial charge in [-0.15, -0.1) is 0 Å². The van der Waals surface area contributed by atoms with E-state index in [1.54, 1.807) is 13.8 Å². The summed E-state index contributed by atoms with van der Waals surface area (Å²) >= 11 is 0. The molecule has 0 bridgehead atoms. The molecule has 4 nitrogen and oxygen atoms in total. The van der Waals surface area contributed by atoms with Crippen LogP contribution in [0.1, 0.15) is 27.7 Å². The summed E-state index contributed by atoms with van der Waals surface area (Å²) in [6.45, 7) is 13.2. The quantitative estimate of drug-likeness (QED) is 0.252. The molecule has 0 saturated carbocycles. The molecule has 26 heavy (non-hydrogen) atoms. The lowest BCUT2D eigenvalue weighted by atomic mass is 10.2. The molecule has 0 fully saturated rings. The molecule has 0 heterocycles. The van der Waals surface area contributed by atoms with Crippen molar-refractivity contribution in [3.05, 3.63) is 47.6 Å². The molecule has 1 aromatic carbocycles. The van der Waals surface area contributed by atoms with Gasteiger partial charge in [0.05, 0.1) is 13.2 Å². The fourth-order valence-electron chi connectivity index (χ4n) is 1.72. The second kappa shape index (κ2) is 9.59. The van der Waals surface area contributed by atoms with Crippen LogP contribution in [0.2, 0.25) is 0 Å². The van der Waals surface area contributed by atoms with Crippen LogP contribution in [0.3, 0.4) is 0 Å². The lowest BCUT2D eigenvalue weighted by Crippen LogP contribution is -2.22. The maximum Gasteiger partial charge on any atom is 0.207 e. The minimum Gasteiger partial charge on any atom is -0.459 e. The van der Waals surface area contributed by atoms with Gasteiger partial charge in [0.25, 0.3) is 0 Å². The van der Waals surface area contributed by atoms with Gasteiger partial charge in [-0.2, -0.15) is 17.6 Å². The fraction of sp³-hybridized carbons (Fsp3) is 0.444. The van der Waals surface area contributed by atoms with Crippen molar-refractivity contribution in [3.63, 3.8) is 0 Å². The number of ether oxygens (including phenoxy) is 4. The Kier molecular flexibility index (Phi) is 8.10. The molecular weight excluding hydrogens is 356 g/mol. The summed E-state index contributed by atoms with van der Waals surface area (Å²) in [5, 5.41) is 0. The number of hydrogen-bond acceptors (Lipinski definition) is 4. The number of halogens is 4. The van der Waals surface area contributed by atoms with Gasteiger partial charge in [0.15, 0.2) is 12.6 Å². The molecule has 1 aromatic rings. The Labute approximate surface area is 150 Å². The molecule has 0 aliphatic carbocycles. The van der Waals surface area contributed by atoms with Crippen LogP contribution in [-0.4, -0.2) is 25.8 Å². The van der Waals surface area contributed by atoms with E-state index in [-0.39, 0.29) is 13.2 Å². The summed E-state index contributed by atoms with van der Waals surface area (Å²) in [7, 11) is 0. The van der Waals surface area contributed by atoms with Gasteiger partial charge in [0.2, 0.25) is 34.8 Å². The van der Waals surface area contributed by atoms with Crippen LogP contribution >= 0.6 is 0 Å².